The van der Waals surface area contributed by atoms with Crippen molar-refractivity contribution in [2.45, 2.75) is 18.4 Å². The van der Waals surface area contributed by atoms with Crippen molar-refractivity contribution in [1.82, 2.24) is 9.80 Å². The first-order chi connectivity index (χ1) is 16.2. The van der Waals surface area contributed by atoms with Gasteiger partial charge in [0.2, 0.25) is 5.91 Å². The van der Waals surface area contributed by atoms with E-state index >= 15 is 0 Å². The number of amides is 1. The second-order valence-corrected chi connectivity index (χ2v) is 8.30. The molecule has 0 N–H and O–H groups in total. The van der Waals surface area contributed by atoms with Crippen molar-refractivity contribution in [2.75, 3.05) is 33.3 Å². The van der Waals surface area contributed by atoms with Crippen LogP contribution < -0.4 is 4.74 Å². The zero-order valence-corrected chi connectivity index (χ0v) is 18.9. The average Bonchev–Trinajstić information content (AvgIpc) is 2.89. The quantitative estimate of drug-likeness (QED) is 0.539. The van der Waals surface area contributed by atoms with Gasteiger partial charge in [-0.25, -0.2) is 0 Å². The van der Waals surface area contributed by atoms with Crippen LogP contribution in [0.4, 0.5) is 0 Å². The molecular formula is C28H29N3O2. The molecule has 168 valence electrons. The summed E-state index contributed by atoms with van der Waals surface area (Å²) in [4.78, 5) is 17.4. The molecule has 3 aromatic rings. The first kappa shape index (κ1) is 22.6. The van der Waals surface area contributed by atoms with Gasteiger partial charge >= 0.3 is 0 Å². The Morgan fingerprint density at radius 1 is 0.848 bits per heavy atom. The number of benzene rings is 3. The molecule has 1 unspecified atom stereocenters. The minimum absolute atomic E-state index is 0.0316. The standard InChI is InChI=1S/C28H29N3O2/c1-33-25-14-12-24(13-15-25)27(21-29)30-16-18-31(19-17-30)28(32)20-26(22-8-4-2-5-9-22)23-10-6-3-7-11-23/h2-15,26-27H,16-20H2,1H3. The van der Waals surface area contributed by atoms with Gasteiger partial charge in [-0.3, -0.25) is 9.69 Å². The van der Waals surface area contributed by atoms with Crippen LogP contribution in [0.2, 0.25) is 0 Å². The minimum atomic E-state index is -0.324. The molecule has 3 aromatic carbocycles. The van der Waals surface area contributed by atoms with Gasteiger partial charge in [0.15, 0.2) is 0 Å². The van der Waals surface area contributed by atoms with Crippen LogP contribution in [0.5, 0.6) is 5.75 Å². The number of rotatable bonds is 7. The summed E-state index contributed by atoms with van der Waals surface area (Å²) in [5, 5.41) is 9.80. The van der Waals surface area contributed by atoms with E-state index in [0.717, 1.165) is 22.4 Å². The van der Waals surface area contributed by atoms with Crippen LogP contribution >= 0.6 is 0 Å². The van der Waals surface area contributed by atoms with Crippen LogP contribution in [-0.2, 0) is 4.79 Å². The topological polar surface area (TPSA) is 56.6 Å². The van der Waals surface area contributed by atoms with Crippen LogP contribution in [0.3, 0.4) is 0 Å². The number of hydrogen-bond donors (Lipinski definition) is 0. The molecule has 1 atom stereocenters. The van der Waals surface area contributed by atoms with Crippen LogP contribution in [0.25, 0.3) is 0 Å². The summed E-state index contributed by atoms with van der Waals surface area (Å²) in [6.07, 6.45) is 0.439. The van der Waals surface area contributed by atoms with E-state index in [0.29, 0.717) is 32.6 Å². The molecule has 0 aliphatic carbocycles. The summed E-state index contributed by atoms with van der Waals surface area (Å²) >= 11 is 0. The highest BCUT2D eigenvalue weighted by Crippen LogP contribution is 2.29. The number of nitrogens with zero attached hydrogens (tertiary/aromatic N) is 3. The molecule has 1 aliphatic heterocycles. The van der Waals surface area contributed by atoms with Gasteiger partial charge in [-0.15, -0.1) is 0 Å². The Bertz CT molecular complexity index is 1030. The van der Waals surface area contributed by atoms with Crippen LogP contribution in [0.1, 0.15) is 35.1 Å². The van der Waals surface area contributed by atoms with Gasteiger partial charge in [0.25, 0.3) is 0 Å². The molecular weight excluding hydrogens is 410 g/mol. The molecule has 4 rings (SSSR count). The molecule has 0 radical (unpaired) electrons. The fraction of sp³-hybridized carbons (Fsp3) is 0.286. The van der Waals surface area contributed by atoms with Gasteiger partial charge in [0, 0.05) is 38.5 Å². The summed E-state index contributed by atoms with van der Waals surface area (Å²) in [5.41, 5.74) is 3.26. The van der Waals surface area contributed by atoms with E-state index in [1.165, 1.54) is 0 Å². The largest absolute Gasteiger partial charge is 0.497 e. The summed E-state index contributed by atoms with van der Waals surface area (Å²) in [6, 6.07) is 30.2. The second-order valence-electron chi connectivity index (χ2n) is 8.30. The van der Waals surface area contributed by atoms with Crippen molar-refractivity contribution in [3.63, 3.8) is 0 Å². The number of piperazine rings is 1. The Morgan fingerprint density at radius 3 is 1.88 bits per heavy atom. The van der Waals surface area contributed by atoms with Gasteiger partial charge in [-0.1, -0.05) is 72.8 Å². The number of carbonyl (C=O) groups excluding carboxylic acids is 1. The predicted octanol–water partition coefficient (Wildman–Crippen LogP) is 4.63. The van der Waals surface area contributed by atoms with Gasteiger partial charge < -0.3 is 9.64 Å². The molecule has 0 bridgehead atoms. The lowest BCUT2D eigenvalue weighted by molar-refractivity contribution is -0.133. The molecule has 1 fully saturated rings. The molecule has 1 saturated heterocycles. The number of ether oxygens (including phenoxy) is 1. The number of hydrogen-bond acceptors (Lipinski definition) is 4. The zero-order valence-electron chi connectivity index (χ0n) is 18.9. The summed E-state index contributed by atoms with van der Waals surface area (Å²) < 4.78 is 5.22. The Hall–Kier alpha value is -3.62. The molecule has 1 amide bonds. The fourth-order valence-electron chi connectivity index (χ4n) is 4.49. The van der Waals surface area contributed by atoms with E-state index in [4.69, 9.17) is 4.74 Å². The van der Waals surface area contributed by atoms with Crippen molar-refractivity contribution in [3.8, 4) is 11.8 Å². The first-order valence-corrected chi connectivity index (χ1v) is 11.3. The molecule has 0 aromatic heterocycles. The molecule has 0 spiro atoms. The number of methoxy groups -OCH3 is 1. The van der Waals surface area contributed by atoms with Crippen molar-refractivity contribution in [2.24, 2.45) is 0 Å². The van der Waals surface area contributed by atoms with E-state index in [1.54, 1.807) is 7.11 Å². The highest BCUT2D eigenvalue weighted by Gasteiger charge is 2.28. The Kier molecular flexibility index (Phi) is 7.39. The van der Waals surface area contributed by atoms with Crippen LogP contribution in [0.15, 0.2) is 84.9 Å². The summed E-state index contributed by atoms with van der Waals surface area (Å²) in [7, 11) is 1.63. The maximum absolute atomic E-state index is 13.3. The molecule has 5 nitrogen and oxygen atoms in total. The monoisotopic (exact) mass is 439 g/mol. The molecule has 1 heterocycles. The number of nitriles is 1. The summed E-state index contributed by atoms with van der Waals surface area (Å²) in [5.74, 6) is 0.964. The normalized spacial score (nSPS) is 15.1. The average molecular weight is 440 g/mol. The maximum atomic E-state index is 13.3. The van der Waals surface area contributed by atoms with Gasteiger partial charge in [0.05, 0.1) is 13.2 Å². The third-order valence-corrected chi connectivity index (χ3v) is 6.37. The minimum Gasteiger partial charge on any atom is -0.497 e. The fourth-order valence-corrected chi connectivity index (χ4v) is 4.49. The van der Waals surface area contributed by atoms with Gasteiger partial charge in [-0.2, -0.15) is 5.26 Å². The molecule has 1 aliphatic rings. The SMILES string of the molecule is COc1ccc(C(C#N)N2CCN(C(=O)CC(c3ccccc3)c3ccccc3)CC2)cc1. The van der Waals surface area contributed by atoms with E-state index in [-0.39, 0.29) is 17.9 Å². The van der Waals surface area contributed by atoms with Crippen LogP contribution in [-0.4, -0.2) is 49.0 Å². The predicted molar refractivity (Wildman–Crippen MR) is 129 cm³/mol. The smallest absolute Gasteiger partial charge is 0.223 e. The lowest BCUT2D eigenvalue weighted by Crippen LogP contribution is -2.49. The van der Waals surface area contributed by atoms with E-state index in [2.05, 4.69) is 35.2 Å². The highest BCUT2D eigenvalue weighted by molar-refractivity contribution is 5.78. The molecule has 33 heavy (non-hydrogen) atoms. The van der Waals surface area contributed by atoms with Crippen LogP contribution in [0, 0.1) is 11.3 Å². The van der Waals surface area contributed by atoms with E-state index in [1.807, 2.05) is 65.6 Å². The Balaban J connectivity index is 1.41. The number of carbonyl (C=O) groups is 1. The zero-order chi connectivity index (χ0) is 23.0. The van der Waals surface area contributed by atoms with Crippen molar-refractivity contribution < 1.29 is 9.53 Å². The second kappa shape index (κ2) is 10.8. The highest BCUT2D eigenvalue weighted by atomic mass is 16.5. The molecule has 0 saturated carbocycles. The Morgan fingerprint density at radius 2 is 1.39 bits per heavy atom. The van der Waals surface area contributed by atoms with E-state index < -0.39 is 0 Å². The lowest BCUT2D eigenvalue weighted by Gasteiger charge is -2.37. The third kappa shape index (κ3) is 5.42. The third-order valence-electron chi connectivity index (χ3n) is 6.37. The summed E-state index contributed by atoms with van der Waals surface area (Å²) in [6.45, 7) is 2.61. The lowest BCUT2D eigenvalue weighted by atomic mass is 9.88. The van der Waals surface area contributed by atoms with E-state index in [9.17, 15) is 10.1 Å². The Labute approximate surface area is 195 Å². The maximum Gasteiger partial charge on any atom is 0.223 e. The van der Waals surface area contributed by atoms with Crippen molar-refractivity contribution in [1.29, 1.82) is 5.26 Å². The van der Waals surface area contributed by atoms with Crippen molar-refractivity contribution in [3.05, 3.63) is 102 Å². The first-order valence-electron chi connectivity index (χ1n) is 11.3. The van der Waals surface area contributed by atoms with Crippen molar-refractivity contribution >= 4 is 5.91 Å². The van der Waals surface area contributed by atoms with Gasteiger partial charge in [-0.05, 0) is 28.8 Å². The molecule has 5 heteroatoms. The van der Waals surface area contributed by atoms with Gasteiger partial charge in [0.1, 0.15) is 11.8 Å².